The van der Waals surface area contributed by atoms with Crippen molar-refractivity contribution in [2.24, 2.45) is 0 Å². The van der Waals surface area contributed by atoms with Gasteiger partial charge in [0, 0.05) is 0 Å². The fourth-order valence-electron chi connectivity index (χ4n) is 3.41. The number of hydrogen-bond acceptors (Lipinski definition) is 11. The summed E-state index contributed by atoms with van der Waals surface area (Å²) < 4.78 is 178. The number of ether oxygens (including phenoxy) is 9. The van der Waals surface area contributed by atoms with Crippen LogP contribution in [0.25, 0.3) is 0 Å². The molecular formula is C30H32F10O11. The molecule has 0 radical (unpaired) electrons. The number of benzene rings is 2. The van der Waals surface area contributed by atoms with E-state index >= 15 is 0 Å². The second-order valence-electron chi connectivity index (χ2n) is 9.53. The maximum atomic E-state index is 13.5. The maximum absolute atomic E-state index is 13.5. The number of hydrogen-bond donors (Lipinski definition) is 0. The predicted molar refractivity (Wildman–Crippen MR) is 149 cm³/mol. The van der Waals surface area contributed by atoms with E-state index < -0.39 is 94.5 Å². The van der Waals surface area contributed by atoms with E-state index in [0.717, 1.165) is 0 Å². The highest BCUT2D eigenvalue weighted by atomic mass is 19.2. The lowest BCUT2D eigenvalue weighted by Crippen LogP contribution is -2.17. The van der Waals surface area contributed by atoms with Crippen LogP contribution in [0.4, 0.5) is 43.9 Å². The van der Waals surface area contributed by atoms with Gasteiger partial charge >= 0.3 is 11.9 Å². The molecule has 0 atom stereocenters. The van der Waals surface area contributed by atoms with E-state index in [1.54, 1.807) is 0 Å². The molecule has 51 heavy (non-hydrogen) atoms. The topological polar surface area (TPSA) is 117 Å². The molecule has 0 saturated carbocycles. The number of carbonyl (C=O) groups excluding carboxylic acids is 2. The third kappa shape index (κ3) is 14.9. The zero-order valence-electron chi connectivity index (χ0n) is 26.6. The summed E-state index contributed by atoms with van der Waals surface area (Å²) in [6.07, 6.45) is -1.06. The molecule has 0 fully saturated rings. The summed E-state index contributed by atoms with van der Waals surface area (Å²) in [4.78, 5) is 23.2. The molecule has 0 unspecified atom stereocenters. The summed E-state index contributed by atoms with van der Waals surface area (Å²) in [5.74, 6) is -28.7. The third-order valence-electron chi connectivity index (χ3n) is 5.90. The number of rotatable bonds is 26. The Morgan fingerprint density at radius 1 is 0.294 bits per heavy atom. The highest BCUT2D eigenvalue weighted by Crippen LogP contribution is 2.30. The normalized spacial score (nSPS) is 11.3. The first-order valence-electron chi connectivity index (χ1n) is 14.9. The molecule has 11 nitrogen and oxygen atoms in total. The van der Waals surface area contributed by atoms with E-state index in [9.17, 15) is 53.5 Å². The number of carbonyl (C=O) groups is 2. The van der Waals surface area contributed by atoms with Crippen molar-refractivity contribution in [3.05, 3.63) is 58.2 Å². The monoisotopic (exact) mass is 758 g/mol. The molecule has 21 heteroatoms. The minimum absolute atomic E-state index is 0.0285. The summed E-state index contributed by atoms with van der Waals surface area (Å²) in [6, 6.07) is 0. The Labute approximate surface area is 283 Å². The molecule has 0 spiro atoms. The molecule has 0 aromatic heterocycles. The molecule has 2 aromatic rings. The standard InChI is InChI=1S/C30H32F10O11/c31-19-21(33)25(37)29(26(38)22(19)34)50-17(41)1-3-43-5-7-45-9-11-47-13-15-49-16-14-48-12-10-46-8-6-44-4-2-18(42)51-30-27(39)23(35)20(32)24(36)28(30)40/h1-16H2. The lowest BCUT2D eigenvalue weighted by atomic mass is 10.2. The summed E-state index contributed by atoms with van der Waals surface area (Å²) in [7, 11) is 0. The average molecular weight is 759 g/mol. The zero-order valence-corrected chi connectivity index (χ0v) is 26.6. The van der Waals surface area contributed by atoms with Crippen molar-refractivity contribution >= 4 is 11.9 Å². The smallest absolute Gasteiger partial charge is 0.313 e. The van der Waals surface area contributed by atoms with Crippen LogP contribution in [0.2, 0.25) is 0 Å². The van der Waals surface area contributed by atoms with Gasteiger partial charge in [-0.25, -0.2) is 26.3 Å². The molecule has 2 aromatic carbocycles. The first kappa shape index (κ1) is 43.6. The SMILES string of the molecule is O=C(CCOCCOCCOCCOCCOCCOCCOCCC(=O)Oc1c(F)c(F)c(F)c(F)c1F)Oc1c(F)c(F)c(F)c(F)c1F. The molecule has 0 aliphatic rings. The van der Waals surface area contributed by atoms with E-state index in [-0.39, 0.29) is 92.5 Å². The van der Waals surface area contributed by atoms with Gasteiger partial charge in [0.1, 0.15) is 0 Å². The molecule has 0 N–H and O–H groups in total. The quantitative estimate of drug-likeness (QED) is 0.0338. The summed E-state index contributed by atoms with van der Waals surface area (Å²) in [6.45, 7) is 1.70. The lowest BCUT2D eigenvalue weighted by Gasteiger charge is -2.09. The van der Waals surface area contributed by atoms with Crippen LogP contribution >= 0.6 is 0 Å². The Hall–Kier alpha value is -3.60. The molecule has 0 bridgehead atoms. The largest absolute Gasteiger partial charge is 0.420 e. The highest BCUT2D eigenvalue weighted by molar-refractivity contribution is 5.73. The maximum Gasteiger partial charge on any atom is 0.313 e. The van der Waals surface area contributed by atoms with E-state index in [1.165, 1.54) is 0 Å². The predicted octanol–water partition coefficient (Wildman–Crippen LogP) is 4.49. The van der Waals surface area contributed by atoms with Gasteiger partial charge in [0.15, 0.2) is 0 Å². The van der Waals surface area contributed by atoms with Crippen LogP contribution in [0.15, 0.2) is 0 Å². The van der Waals surface area contributed by atoms with Gasteiger partial charge in [0.2, 0.25) is 69.7 Å². The van der Waals surface area contributed by atoms with Crippen LogP contribution in [-0.4, -0.2) is 104 Å². The van der Waals surface area contributed by atoms with Gasteiger partial charge in [0.05, 0.1) is 105 Å². The molecule has 288 valence electrons. The van der Waals surface area contributed by atoms with E-state index in [0.29, 0.717) is 0 Å². The van der Waals surface area contributed by atoms with Gasteiger partial charge in [-0.15, -0.1) is 0 Å². The van der Waals surface area contributed by atoms with Gasteiger partial charge in [-0.3, -0.25) is 9.59 Å². The van der Waals surface area contributed by atoms with Crippen molar-refractivity contribution in [1.29, 1.82) is 0 Å². The van der Waals surface area contributed by atoms with Crippen LogP contribution in [0, 0.1) is 58.2 Å². The van der Waals surface area contributed by atoms with E-state index in [2.05, 4.69) is 9.47 Å². The van der Waals surface area contributed by atoms with E-state index in [1.807, 2.05) is 0 Å². The van der Waals surface area contributed by atoms with Crippen molar-refractivity contribution in [3.8, 4) is 11.5 Å². The summed E-state index contributed by atoms with van der Waals surface area (Å²) in [5.41, 5.74) is 0. The Balaban J connectivity index is 1.32. The Bertz CT molecular complexity index is 1260. The second kappa shape index (κ2) is 23.8. The van der Waals surface area contributed by atoms with Crippen LogP contribution in [0.5, 0.6) is 11.5 Å². The first-order chi connectivity index (χ1) is 24.4. The van der Waals surface area contributed by atoms with Gasteiger partial charge < -0.3 is 42.6 Å². The van der Waals surface area contributed by atoms with Crippen molar-refractivity contribution in [3.63, 3.8) is 0 Å². The van der Waals surface area contributed by atoms with Gasteiger partial charge in [-0.2, -0.15) is 17.6 Å². The second-order valence-corrected chi connectivity index (χ2v) is 9.53. The van der Waals surface area contributed by atoms with Gasteiger partial charge in [-0.05, 0) is 0 Å². The Morgan fingerprint density at radius 2 is 0.471 bits per heavy atom. The van der Waals surface area contributed by atoms with Crippen LogP contribution in [0.3, 0.4) is 0 Å². The molecule has 0 aliphatic heterocycles. The van der Waals surface area contributed by atoms with Gasteiger partial charge in [0.25, 0.3) is 0 Å². The number of halogens is 10. The van der Waals surface area contributed by atoms with Crippen LogP contribution in [0.1, 0.15) is 12.8 Å². The van der Waals surface area contributed by atoms with Crippen LogP contribution in [-0.2, 0) is 42.7 Å². The van der Waals surface area contributed by atoms with Crippen molar-refractivity contribution in [2.75, 3.05) is 92.5 Å². The lowest BCUT2D eigenvalue weighted by molar-refractivity contribution is -0.137. The summed E-state index contributed by atoms with van der Waals surface area (Å²) in [5, 5.41) is 0. The molecule has 2 rings (SSSR count). The van der Waals surface area contributed by atoms with Crippen LogP contribution < -0.4 is 9.47 Å². The first-order valence-corrected chi connectivity index (χ1v) is 14.9. The highest BCUT2D eigenvalue weighted by Gasteiger charge is 2.29. The molecule has 0 saturated heterocycles. The Morgan fingerprint density at radius 3 is 0.686 bits per heavy atom. The average Bonchev–Trinajstić information content (AvgIpc) is 3.12. The molecule has 0 heterocycles. The minimum atomic E-state index is -2.38. The van der Waals surface area contributed by atoms with Crippen molar-refractivity contribution < 1.29 is 96.1 Å². The zero-order chi connectivity index (χ0) is 37.8. The molecule has 0 aliphatic carbocycles. The van der Waals surface area contributed by atoms with Crippen molar-refractivity contribution in [1.82, 2.24) is 0 Å². The molecular weight excluding hydrogens is 726 g/mol. The molecule has 0 amide bonds. The Kier molecular flexibility index (Phi) is 20.3. The third-order valence-corrected chi connectivity index (χ3v) is 5.90. The minimum Gasteiger partial charge on any atom is -0.420 e. The van der Waals surface area contributed by atoms with E-state index in [4.69, 9.17) is 33.2 Å². The summed E-state index contributed by atoms with van der Waals surface area (Å²) >= 11 is 0. The number of esters is 2. The fraction of sp³-hybridized carbons (Fsp3) is 0.533. The van der Waals surface area contributed by atoms with Gasteiger partial charge in [-0.1, -0.05) is 0 Å². The fourth-order valence-corrected chi connectivity index (χ4v) is 3.41. The van der Waals surface area contributed by atoms with Crippen molar-refractivity contribution in [2.45, 2.75) is 12.8 Å².